The third kappa shape index (κ3) is 2.58. The fourth-order valence-corrected chi connectivity index (χ4v) is 0.613. The molecular weight excluding hydrogens is 193 g/mol. The normalized spacial score (nSPS) is 10.6. The van der Waals surface area contributed by atoms with Crippen LogP contribution in [0, 0.1) is 0 Å². The van der Waals surface area contributed by atoms with Crippen LogP contribution in [0.5, 0.6) is 0 Å². The second-order valence-electron chi connectivity index (χ2n) is 2.00. The van der Waals surface area contributed by atoms with Gasteiger partial charge in [-0.15, -0.1) is 12.4 Å². The van der Waals surface area contributed by atoms with Crippen molar-refractivity contribution in [2.75, 3.05) is 5.73 Å². The highest BCUT2D eigenvalue weighted by Crippen LogP contribution is 2.29. The number of halogens is 4. The first kappa shape index (κ1) is 11.0. The van der Waals surface area contributed by atoms with E-state index in [1.165, 1.54) is 0 Å². The van der Waals surface area contributed by atoms with Crippen LogP contribution in [-0.2, 0) is 6.18 Å². The number of nitrogens with two attached hydrogens (primary N) is 1. The molecule has 0 fully saturated rings. The van der Waals surface area contributed by atoms with E-state index in [-0.39, 0.29) is 18.1 Å². The van der Waals surface area contributed by atoms with Gasteiger partial charge in [0.25, 0.3) is 0 Å². The molecule has 1 aromatic heterocycles. The molecule has 1 heterocycles. The van der Waals surface area contributed by atoms with E-state index in [4.69, 9.17) is 5.73 Å². The lowest BCUT2D eigenvalue weighted by molar-refractivity contribution is -0.137. The van der Waals surface area contributed by atoms with Gasteiger partial charge in [-0.2, -0.15) is 13.2 Å². The lowest BCUT2D eigenvalue weighted by atomic mass is 10.2. The van der Waals surface area contributed by atoms with E-state index in [9.17, 15) is 13.2 Å². The number of nitrogen functional groups attached to an aromatic ring is 1. The zero-order valence-corrected chi connectivity index (χ0v) is 6.62. The molecule has 0 spiro atoms. The molecule has 2 N–H and O–H groups in total. The van der Waals surface area contributed by atoms with Crippen molar-refractivity contribution >= 4 is 18.1 Å². The molecule has 0 aromatic carbocycles. The highest BCUT2D eigenvalue weighted by molar-refractivity contribution is 5.85. The Kier molecular flexibility index (Phi) is 3.33. The summed E-state index contributed by atoms with van der Waals surface area (Å²) in [6.45, 7) is 0. The maximum Gasteiger partial charge on any atom is 0.417 e. The number of pyridine rings is 1. The highest BCUT2D eigenvalue weighted by Gasteiger charge is 2.30. The molecule has 12 heavy (non-hydrogen) atoms. The van der Waals surface area contributed by atoms with Crippen LogP contribution in [0.3, 0.4) is 0 Å². The van der Waals surface area contributed by atoms with E-state index in [0.717, 1.165) is 18.5 Å². The lowest BCUT2D eigenvalue weighted by Gasteiger charge is -2.04. The molecule has 0 saturated carbocycles. The fraction of sp³-hybridized carbons (Fsp3) is 0.167. The van der Waals surface area contributed by atoms with Crippen LogP contribution in [0.25, 0.3) is 0 Å². The number of rotatable bonds is 0. The van der Waals surface area contributed by atoms with E-state index in [1.54, 1.807) is 0 Å². The van der Waals surface area contributed by atoms with Crippen LogP contribution in [0.2, 0.25) is 0 Å². The first-order chi connectivity index (χ1) is 5.00. The molecule has 0 amide bonds. The van der Waals surface area contributed by atoms with Crippen molar-refractivity contribution in [3.05, 3.63) is 24.0 Å². The van der Waals surface area contributed by atoms with E-state index in [0.29, 0.717) is 0 Å². The van der Waals surface area contributed by atoms with Crippen molar-refractivity contribution in [2.45, 2.75) is 6.18 Å². The zero-order chi connectivity index (χ0) is 8.48. The molecule has 0 atom stereocenters. The minimum Gasteiger partial charge on any atom is -0.397 e. The van der Waals surface area contributed by atoms with Crippen LogP contribution in [0.1, 0.15) is 5.56 Å². The maximum atomic E-state index is 11.9. The van der Waals surface area contributed by atoms with Crippen molar-refractivity contribution in [2.24, 2.45) is 0 Å². The van der Waals surface area contributed by atoms with Crippen LogP contribution >= 0.6 is 12.4 Å². The summed E-state index contributed by atoms with van der Waals surface area (Å²) in [6, 6.07) is 0.840. The van der Waals surface area contributed by atoms with Crippen molar-refractivity contribution in [3.8, 4) is 0 Å². The number of hydrogen-bond acceptors (Lipinski definition) is 2. The topological polar surface area (TPSA) is 38.9 Å². The molecule has 1 aromatic rings. The molecule has 6 heteroatoms. The third-order valence-corrected chi connectivity index (χ3v) is 1.09. The van der Waals surface area contributed by atoms with Gasteiger partial charge in [-0.1, -0.05) is 0 Å². The maximum absolute atomic E-state index is 11.9. The molecule has 0 saturated heterocycles. The predicted octanol–water partition coefficient (Wildman–Crippen LogP) is 2.10. The van der Waals surface area contributed by atoms with Crippen LogP contribution in [0.15, 0.2) is 18.5 Å². The van der Waals surface area contributed by atoms with E-state index in [2.05, 4.69) is 4.98 Å². The zero-order valence-electron chi connectivity index (χ0n) is 5.80. The van der Waals surface area contributed by atoms with E-state index < -0.39 is 11.7 Å². The van der Waals surface area contributed by atoms with Crippen LogP contribution in [0.4, 0.5) is 18.9 Å². The summed E-state index contributed by atoms with van der Waals surface area (Å²) in [5, 5.41) is 0. The van der Waals surface area contributed by atoms with E-state index in [1.807, 2.05) is 0 Å². The Labute approximate surface area is 73.0 Å². The molecule has 0 radical (unpaired) electrons. The van der Waals surface area contributed by atoms with Gasteiger partial charge in [-0.25, -0.2) is 0 Å². The molecule has 1 rings (SSSR count). The first-order valence-corrected chi connectivity index (χ1v) is 2.78. The van der Waals surface area contributed by atoms with Crippen molar-refractivity contribution in [3.63, 3.8) is 0 Å². The average Bonchev–Trinajstić information content (AvgIpc) is 1.86. The van der Waals surface area contributed by atoms with Gasteiger partial charge < -0.3 is 5.73 Å². The molecule has 68 valence electrons. The Morgan fingerprint density at radius 1 is 1.25 bits per heavy atom. The summed E-state index contributed by atoms with van der Waals surface area (Å²) < 4.78 is 35.6. The minimum atomic E-state index is -4.36. The van der Waals surface area contributed by atoms with Gasteiger partial charge in [-0.3, -0.25) is 4.98 Å². The Balaban J connectivity index is 0.00000121. The number of alkyl halides is 3. The second kappa shape index (κ2) is 3.62. The summed E-state index contributed by atoms with van der Waals surface area (Å²) in [6.07, 6.45) is -2.46. The molecule has 0 aliphatic rings. The summed E-state index contributed by atoms with van der Waals surface area (Å²) in [7, 11) is 0. The monoisotopic (exact) mass is 198 g/mol. The van der Waals surface area contributed by atoms with Crippen molar-refractivity contribution < 1.29 is 13.2 Å². The Morgan fingerprint density at radius 3 is 2.17 bits per heavy atom. The summed E-state index contributed by atoms with van der Waals surface area (Å²) in [5.41, 5.74) is 4.28. The van der Waals surface area contributed by atoms with Crippen molar-refractivity contribution in [1.82, 2.24) is 4.98 Å². The van der Waals surface area contributed by atoms with Crippen LogP contribution < -0.4 is 5.73 Å². The summed E-state index contributed by atoms with van der Waals surface area (Å²) in [5.74, 6) is 0. The molecule has 0 bridgehead atoms. The Hall–Kier alpha value is -0.970. The minimum absolute atomic E-state index is 0. The van der Waals surface area contributed by atoms with Gasteiger partial charge in [0.05, 0.1) is 11.3 Å². The molecule has 2 nitrogen and oxygen atoms in total. The largest absolute Gasteiger partial charge is 0.417 e. The smallest absolute Gasteiger partial charge is 0.397 e. The van der Waals surface area contributed by atoms with Gasteiger partial charge in [0.15, 0.2) is 0 Å². The number of nitrogens with zero attached hydrogens (tertiary/aromatic N) is 1. The summed E-state index contributed by atoms with van der Waals surface area (Å²) >= 11 is 0. The SMILES string of the molecule is Cl.Nc1cncc(C(F)(F)F)c1. The number of anilines is 1. The first-order valence-electron chi connectivity index (χ1n) is 2.78. The van der Waals surface area contributed by atoms with Crippen molar-refractivity contribution in [1.29, 1.82) is 0 Å². The van der Waals surface area contributed by atoms with Gasteiger partial charge in [0, 0.05) is 12.4 Å². The molecule has 0 aliphatic carbocycles. The second-order valence-corrected chi connectivity index (χ2v) is 2.00. The lowest BCUT2D eigenvalue weighted by Crippen LogP contribution is -2.05. The number of hydrogen-bond donors (Lipinski definition) is 1. The molecule has 0 unspecified atom stereocenters. The van der Waals surface area contributed by atoms with Gasteiger partial charge in [0.1, 0.15) is 0 Å². The average molecular weight is 199 g/mol. The number of aromatic nitrogens is 1. The quantitative estimate of drug-likeness (QED) is 0.694. The van der Waals surface area contributed by atoms with Gasteiger partial charge in [0.2, 0.25) is 0 Å². The van der Waals surface area contributed by atoms with Gasteiger partial charge in [-0.05, 0) is 6.07 Å². The standard InChI is InChI=1S/C6H5F3N2.ClH/c7-6(8,9)4-1-5(10)3-11-2-4;/h1-3H,10H2;1H. The highest BCUT2D eigenvalue weighted by atomic mass is 35.5. The Bertz CT molecular complexity index is 261. The predicted molar refractivity (Wildman–Crippen MR) is 40.9 cm³/mol. The fourth-order valence-electron chi connectivity index (χ4n) is 0.613. The molecule has 0 aliphatic heterocycles. The summed E-state index contributed by atoms with van der Waals surface area (Å²) in [4.78, 5) is 3.31. The Morgan fingerprint density at radius 2 is 1.83 bits per heavy atom. The molecular formula is C6H6ClF3N2. The van der Waals surface area contributed by atoms with E-state index >= 15 is 0 Å². The van der Waals surface area contributed by atoms with Crippen LogP contribution in [-0.4, -0.2) is 4.98 Å². The third-order valence-electron chi connectivity index (χ3n) is 1.09. The van der Waals surface area contributed by atoms with Gasteiger partial charge >= 0.3 is 6.18 Å².